The van der Waals surface area contributed by atoms with Gasteiger partial charge in [0.25, 0.3) is 11.8 Å². The van der Waals surface area contributed by atoms with Crippen molar-refractivity contribution in [1.29, 1.82) is 0 Å². The van der Waals surface area contributed by atoms with Crippen molar-refractivity contribution < 1.29 is 19.1 Å². The molecule has 0 radical (unpaired) electrons. The lowest BCUT2D eigenvalue weighted by atomic mass is 10.1. The van der Waals surface area contributed by atoms with Crippen LogP contribution in [-0.4, -0.2) is 87.2 Å². The number of halogens is 1. The minimum absolute atomic E-state index is 0. The van der Waals surface area contributed by atoms with Crippen LogP contribution in [0.15, 0.2) is 29.3 Å². The monoisotopic (exact) mass is 558 g/mol. The van der Waals surface area contributed by atoms with Gasteiger partial charge in [0.05, 0.1) is 30.9 Å². The Morgan fingerprint density at radius 2 is 1.88 bits per heavy atom. The summed E-state index contributed by atoms with van der Waals surface area (Å²) in [5.74, 6) is 1.07. The summed E-state index contributed by atoms with van der Waals surface area (Å²) in [6, 6.07) is 7.02. The molecule has 32 heavy (non-hydrogen) atoms. The third-order valence-corrected chi connectivity index (χ3v) is 5.64. The minimum atomic E-state index is -0.187. The second kappa shape index (κ2) is 13.7. The molecule has 0 bridgehead atoms. The maximum atomic E-state index is 12.4. The SMILES string of the molecule is CCNC(=NCCCCN1C(=O)c2ccccc2C1=O)N1CCC(COCCOC)C1.I. The van der Waals surface area contributed by atoms with E-state index in [0.717, 1.165) is 51.5 Å². The average Bonchev–Trinajstić information content (AvgIpc) is 3.34. The van der Waals surface area contributed by atoms with Crippen LogP contribution in [0.1, 0.15) is 46.9 Å². The molecule has 0 spiro atoms. The van der Waals surface area contributed by atoms with Crippen molar-refractivity contribution >= 4 is 41.8 Å². The number of carbonyl (C=O) groups excluding carboxylic acids is 2. The fraction of sp³-hybridized carbons (Fsp3) is 0.609. The summed E-state index contributed by atoms with van der Waals surface area (Å²) >= 11 is 0. The first kappa shape index (κ1) is 26.5. The minimum Gasteiger partial charge on any atom is -0.382 e. The van der Waals surface area contributed by atoms with E-state index in [9.17, 15) is 9.59 Å². The van der Waals surface area contributed by atoms with E-state index in [1.807, 2.05) is 0 Å². The number of amides is 2. The molecule has 0 aliphatic carbocycles. The molecule has 1 aromatic carbocycles. The largest absolute Gasteiger partial charge is 0.382 e. The molecule has 0 saturated carbocycles. The van der Waals surface area contributed by atoms with Crippen LogP contribution in [0, 0.1) is 5.92 Å². The van der Waals surface area contributed by atoms with E-state index in [1.165, 1.54) is 4.90 Å². The first-order chi connectivity index (χ1) is 15.2. The van der Waals surface area contributed by atoms with Gasteiger partial charge in [-0.3, -0.25) is 19.5 Å². The highest BCUT2D eigenvalue weighted by atomic mass is 127. The molecule has 2 amide bonds. The highest BCUT2D eigenvalue weighted by molar-refractivity contribution is 14.0. The van der Waals surface area contributed by atoms with E-state index in [0.29, 0.717) is 43.3 Å². The Balaban J connectivity index is 0.00000363. The van der Waals surface area contributed by atoms with Crippen molar-refractivity contribution in [3.8, 4) is 0 Å². The average molecular weight is 558 g/mol. The van der Waals surface area contributed by atoms with Gasteiger partial charge in [-0.15, -0.1) is 24.0 Å². The van der Waals surface area contributed by atoms with Gasteiger partial charge in [-0.05, 0) is 38.3 Å². The first-order valence-corrected chi connectivity index (χ1v) is 11.2. The molecular formula is C23H35IN4O4. The highest BCUT2D eigenvalue weighted by Gasteiger charge is 2.34. The summed E-state index contributed by atoms with van der Waals surface area (Å²) in [6.07, 6.45) is 2.65. The van der Waals surface area contributed by atoms with Gasteiger partial charge < -0.3 is 19.7 Å². The van der Waals surface area contributed by atoms with Crippen molar-refractivity contribution in [1.82, 2.24) is 15.1 Å². The molecule has 9 heteroatoms. The normalized spacial score (nSPS) is 18.2. The smallest absolute Gasteiger partial charge is 0.261 e. The zero-order chi connectivity index (χ0) is 22.1. The Labute approximate surface area is 207 Å². The van der Waals surface area contributed by atoms with Gasteiger partial charge in [-0.1, -0.05) is 12.1 Å². The fourth-order valence-electron chi connectivity index (χ4n) is 3.99. The molecule has 2 heterocycles. The van der Waals surface area contributed by atoms with Crippen LogP contribution >= 0.6 is 24.0 Å². The summed E-state index contributed by atoms with van der Waals surface area (Å²) in [6.45, 7) is 7.90. The van der Waals surface area contributed by atoms with Crippen LogP contribution in [0.5, 0.6) is 0 Å². The first-order valence-electron chi connectivity index (χ1n) is 11.2. The lowest BCUT2D eigenvalue weighted by molar-refractivity contribution is 0.0536. The Bertz CT molecular complexity index is 754. The number of likely N-dealkylation sites (tertiary alicyclic amines) is 1. The molecule has 2 aliphatic rings. The number of carbonyl (C=O) groups is 2. The number of nitrogens with one attached hydrogen (secondary N) is 1. The number of imide groups is 1. The van der Waals surface area contributed by atoms with Crippen molar-refractivity contribution in [3.63, 3.8) is 0 Å². The number of fused-ring (bicyclic) bond motifs is 1. The molecule has 2 aliphatic heterocycles. The van der Waals surface area contributed by atoms with Crippen LogP contribution in [-0.2, 0) is 9.47 Å². The van der Waals surface area contributed by atoms with Crippen molar-refractivity contribution in [2.75, 3.05) is 59.7 Å². The van der Waals surface area contributed by atoms with Crippen LogP contribution in [0.2, 0.25) is 0 Å². The van der Waals surface area contributed by atoms with Gasteiger partial charge in [-0.25, -0.2) is 0 Å². The number of unbranched alkanes of at least 4 members (excludes halogenated alkanes) is 1. The number of guanidine groups is 1. The number of nitrogens with zero attached hydrogens (tertiary/aromatic N) is 3. The quantitative estimate of drug-likeness (QED) is 0.148. The second-order valence-electron chi connectivity index (χ2n) is 7.92. The molecule has 1 atom stereocenters. The maximum absolute atomic E-state index is 12.4. The van der Waals surface area contributed by atoms with E-state index < -0.39 is 0 Å². The molecule has 3 rings (SSSR count). The molecule has 178 valence electrons. The van der Waals surface area contributed by atoms with Crippen molar-refractivity contribution in [3.05, 3.63) is 35.4 Å². The summed E-state index contributed by atoms with van der Waals surface area (Å²) < 4.78 is 10.7. The summed E-state index contributed by atoms with van der Waals surface area (Å²) in [5.41, 5.74) is 1.02. The topological polar surface area (TPSA) is 83.5 Å². The number of hydrogen-bond acceptors (Lipinski definition) is 5. The van der Waals surface area contributed by atoms with Gasteiger partial charge in [0.2, 0.25) is 0 Å². The van der Waals surface area contributed by atoms with Crippen LogP contribution in [0.4, 0.5) is 0 Å². The third kappa shape index (κ3) is 6.89. The van der Waals surface area contributed by atoms with E-state index in [-0.39, 0.29) is 35.8 Å². The van der Waals surface area contributed by atoms with Crippen LogP contribution in [0.25, 0.3) is 0 Å². The van der Waals surface area contributed by atoms with E-state index >= 15 is 0 Å². The standard InChI is InChI=1S/C23H34N4O4.HI/c1-3-24-23(26-13-10-18(16-26)17-31-15-14-30-2)25-11-6-7-12-27-21(28)19-8-4-5-9-20(19)22(27)29;/h4-5,8-9,18H,3,6-7,10-17H2,1-2H3,(H,24,25);1H. The lowest BCUT2D eigenvalue weighted by Crippen LogP contribution is -2.40. The molecular weight excluding hydrogens is 523 g/mol. The van der Waals surface area contributed by atoms with Gasteiger partial charge in [0.1, 0.15) is 0 Å². The van der Waals surface area contributed by atoms with Gasteiger partial charge in [0, 0.05) is 45.8 Å². The Hall–Kier alpha value is -1.72. The molecule has 0 aromatic heterocycles. The molecule has 1 unspecified atom stereocenters. The highest BCUT2D eigenvalue weighted by Crippen LogP contribution is 2.22. The summed E-state index contributed by atoms with van der Waals surface area (Å²) in [4.78, 5) is 33.3. The van der Waals surface area contributed by atoms with Gasteiger partial charge >= 0.3 is 0 Å². The van der Waals surface area contributed by atoms with E-state index in [4.69, 9.17) is 14.5 Å². The molecule has 1 fully saturated rings. The number of hydrogen-bond donors (Lipinski definition) is 1. The van der Waals surface area contributed by atoms with Crippen LogP contribution < -0.4 is 5.32 Å². The maximum Gasteiger partial charge on any atom is 0.261 e. The number of ether oxygens (including phenoxy) is 2. The number of aliphatic imine (C=N–C) groups is 1. The zero-order valence-corrected chi connectivity index (χ0v) is 21.4. The summed E-state index contributed by atoms with van der Waals surface area (Å²) in [5, 5.41) is 3.38. The number of methoxy groups -OCH3 is 1. The Morgan fingerprint density at radius 3 is 2.53 bits per heavy atom. The second-order valence-corrected chi connectivity index (χ2v) is 7.92. The van der Waals surface area contributed by atoms with E-state index in [2.05, 4.69) is 17.1 Å². The van der Waals surface area contributed by atoms with E-state index in [1.54, 1.807) is 31.4 Å². The Morgan fingerprint density at radius 1 is 1.16 bits per heavy atom. The van der Waals surface area contributed by atoms with Gasteiger partial charge in [-0.2, -0.15) is 0 Å². The fourth-order valence-corrected chi connectivity index (χ4v) is 3.99. The predicted molar refractivity (Wildman–Crippen MR) is 135 cm³/mol. The Kier molecular flexibility index (Phi) is 11.4. The molecule has 1 saturated heterocycles. The molecule has 8 nitrogen and oxygen atoms in total. The molecule has 1 N–H and O–H groups in total. The third-order valence-electron chi connectivity index (χ3n) is 5.64. The van der Waals surface area contributed by atoms with Crippen molar-refractivity contribution in [2.45, 2.75) is 26.2 Å². The number of benzene rings is 1. The lowest BCUT2D eigenvalue weighted by Gasteiger charge is -2.22. The number of rotatable bonds is 11. The zero-order valence-electron chi connectivity index (χ0n) is 19.0. The van der Waals surface area contributed by atoms with Crippen molar-refractivity contribution in [2.24, 2.45) is 10.9 Å². The summed E-state index contributed by atoms with van der Waals surface area (Å²) in [7, 11) is 1.68. The predicted octanol–water partition coefficient (Wildman–Crippen LogP) is 2.63. The van der Waals surface area contributed by atoms with Gasteiger partial charge in [0.15, 0.2) is 5.96 Å². The molecule has 1 aromatic rings. The van der Waals surface area contributed by atoms with Crippen LogP contribution in [0.3, 0.4) is 0 Å².